The van der Waals surface area contributed by atoms with Gasteiger partial charge in [0.15, 0.2) is 0 Å². The minimum atomic E-state index is -0.574. The average molecular weight is 210 g/mol. The minimum Gasteiger partial charge on any atom is -0.494 e. The van der Waals surface area contributed by atoms with Gasteiger partial charge < -0.3 is 4.74 Å². The number of rotatable bonds is 4. The van der Waals surface area contributed by atoms with Crippen molar-refractivity contribution in [1.82, 2.24) is 0 Å². The molecule has 1 rings (SSSR count). The van der Waals surface area contributed by atoms with E-state index in [0.717, 1.165) is 17.7 Å². The van der Waals surface area contributed by atoms with Crippen LogP contribution in [-0.4, -0.2) is 6.61 Å². The van der Waals surface area contributed by atoms with Gasteiger partial charge >= 0.3 is 0 Å². The molecule has 0 saturated heterocycles. The lowest BCUT2D eigenvalue weighted by atomic mass is 10.1. The molecule has 0 bridgehead atoms. The highest BCUT2D eigenvalue weighted by atomic mass is 35.5. The molecule has 14 heavy (non-hydrogen) atoms. The first kappa shape index (κ1) is 10.9. The minimum absolute atomic E-state index is 0.574. The molecule has 0 aromatic heterocycles. The summed E-state index contributed by atoms with van der Waals surface area (Å²) in [5.41, 5.74) is 0.804. The molecule has 0 fully saturated rings. The van der Waals surface area contributed by atoms with Gasteiger partial charge in [0.1, 0.15) is 11.1 Å². The van der Waals surface area contributed by atoms with E-state index in [1.807, 2.05) is 30.3 Å². The number of hydrogen-bond donors (Lipinski definition) is 0. The van der Waals surface area contributed by atoms with Crippen LogP contribution in [0.1, 0.15) is 24.3 Å². The molecule has 1 aromatic carbocycles. The molecule has 0 spiro atoms. The van der Waals surface area contributed by atoms with Crippen LogP contribution < -0.4 is 4.74 Å². The van der Waals surface area contributed by atoms with E-state index < -0.39 is 5.38 Å². The summed E-state index contributed by atoms with van der Waals surface area (Å²) in [4.78, 5) is 0. The van der Waals surface area contributed by atoms with Gasteiger partial charge in [0.25, 0.3) is 0 Å². The topological polar surface area (TPSA) is 33.0 Å². The standard InChI is InChI=1S/C11H12ClNO/c1-2-7-14-10-5-3-9(4-6-10)11(12)8-13/h3-6,11H,2,7H2,1H3. The molecular weight excluding hydrogens is 198 g/mol. The highest BCUT2D eigenvalue weighted by Crippen LogP contribution is 2.21. The fourth-order valence-electron chi connectivity index (χ4n) is 1.03. The maximum atomic E-state index is 8.59. The van der Waals surface area contributed by atoms with Crippen LogP contribution in [0.15, 0.2) is 24.3 Å². The summed E-state index contributed by atoms with van der Waals surface area (Å²) >= 11 is 5.75. The lowest BCUT2D eigenvalue weighted by Crippen LogP contribution is -1.95. The molecule has 0 aliphatic rings. The van der Waals surface area contributed by atoms with Crippen LogP contribution in [0.25, 0.3) is 0 Å². The molecule has 0 N–H and O–H groups in total. The summed E-state index contributed by atoms with van der Waals surface area (Å²) in [5, 5.41) is 8.01. The van der Waals surface area contributed by atoms with Gasteiger partial charge in [-0.15, -0.1) is 11.6 Å². The monoisotopic (exact) mass is 209 g/mol. The van der Waals surface area contributed by atoms with Crippen molar-refractivity contribution >= 4 is 11.6 Å². The van der Waals surface area contributed by atoms with E-state index in [9.17, 15) is 0 Å². The Kier molecular flexibility index (Phi) is 4.28. The Morgan fingerprint density at radius 2 is 2.07 bits per heavy atom. The summed E-state index contributed by atoms with van der Waals surface area (Å²) in [5.74, 6) is 0.817. The van der Waals surface area contributed by atoms with Crippen molar-refractivity contribution in [2.45, 2.75) is 18.7 Å². The Morgan fingerprint density at radius 3 is 2.57 bits per heavy atom. The third-order valence-electron chi connectivity index (χ3n) is 1.76. The molecule has 1 atom stereocenters. The Balaban J connectivity index is 2.65. The number of ether oxygens (including phenoxy) is 1. The fraction of sp³-hybridized carbons (Fsp3) is 0.364. The van der Waals surface area contributed by atoms with Gasteiger partial charge in [0.05, 0.1) is 12.7 Å². The second-order valence-corrected chi connectivity index (χ2v) is 3.35. The van der Waals surface area contributed by atoms with E-state index >= 15 is 0 Å². The Morgan fingerprint density at radius 1 is 1.43 bits per heavy atom. The maximum absolute atomic E-state index is 8.59. The van der Waals surface area contributed by atoms with Gasteiger partial charge in [-0.05, 0) is 24.1 Å². The van der Waals surface area contributed by atoms with E-state index in [0.29, 0.717) is 6.61 Å². The second-order valence-electron chi connectivity index (χ2n) is 2.91. The SMILES string of the molecule is CCCOc1ccc(C(Cl)C#N)cc1. The summed E-state index contributed by atoms with van der Waals surface area (Å²) in [6, 6.07) is 9.25. The summed E-state index contributed by atoms with van der Waals surface area (Å²) in [6.45, 7) is 2.76. The first-order chi connectivity index (χ1) is 6.77. The maximum Gasteiger partial charge on any atom is 0.145 e. The molecule has 74 valence electrons. The highest BCUT2D eigenvalue weighted by molar-refractivity contribution is 6.22. The van der Waals surface area contributed by atoms with Crippen LogP contribution in [0.4, 0.5) is 0 Å². The molecule has 1 aromatic rings. The Labute approximate surface area is 89.1 Å². The van der Waals surface area contributed by atoms with Crippen LogP contribution in [0.5, 0.6) is 5.75 Å². The molecule has 0 heterocycles. The van der Waals surface area contributed by atoms with Gasteiger partial charge in [-0.25, -0.2) is 0 Å². The number of halogens is 1. The zero-order valence-electron chi connectivity index (χ0n) is 8.03. The normalized spacial score (nSPS) is 11.8. The van der Waals surface area contributed by atoms with Gasteiger partial charge in [0, 0.05) is 0 Å². The summed E-state index contributed by atoms with van der Waals surface area (Å²) in [6.07, 6.45) is 0.984. The zero-order valence-corrected chi connectivity index (χ0v) is 8.79. The molecule has 1 unspecified atom stereocenters. The van der Waals surface area contributed by atoms with Crippen molar-refractivity contribution in [1.29, 1.82) is 5.26 Å². The first-order valence-corrected chi connectivity index (χ1v) is 4.98. The van der Waals surface area contributed by atoms with Crippen LogP contribution in [0.3, 0.4) is 0 Å². The number of nitriles is 1. The van der Waals surface area contributed by atoms with Crippen LogP contribution in [0.2, 0.25) is 0 Å². The van der Waals surface area contributed by atoms with E-state index in [2.05, 4.69) is 6.92 Å². The largest absolute Gasteiger partial charge is 0.494 e. The predicted molar refractivity (Wildman–Crippen MR) is 56.4 cm³/mol. The summed E-state index contributed by atoms with van der Waals surface area (Å²) < 4.78 is 5.40. The van der Waals surface area contributed by atoms with Crippen molar-refractivity contribution in [3.05, 3.63) is 29.8 Å². The van der Waals surface area contributed by atoms with Crippen molar-refractivity contribution in [3.8, 4) is 11.8 Å². The number of alkyl halides is 1. The number of benzene rings is 1. The predicted octanol–water partition coefficient (Wildman–Crippen LogP) is 3.28. The first-order valence-electron chi connectivity index (χ1n) is 4.54. The summed E-state index contributed by atoms with van der Waals surface area (Å²) in [7, 11) is 0. The molecule has 0 aliphatic heterocycles. The van der Waals surface area contributed by atoms with Crippen LogP contribution >= 0.6 is 11.6 Å². The van der Waals surface area contributed by atoms with E-state index in [-0.39, 0.29) is 0 Å². The third-order valence-corrected chi connectivity index (χ3v) is 2.11. The molecule has 3 heteroatoms. The van der Waals surface area contributed by atoms with Crippen LogP contribution in [0, 0.1) is 11.3 Å². The van der Waals surface area contributed by atoms with Crippen molar-refractivity contribution in [2.24, 2.45) is 0 Å². The third kappa shape index (κ3) is 2.93. The molecule has 0 radical (unpaired) electrons. The molecule has 0 amide bonds. The number of hydrogen-bond acceptors (Lipinski definition) is 2. The van der Waals surface area contributed by atoms with Crippen molar-refractivity contribution in [2.75, 3.05) is 6.61 Å². The average Bonchev–Trinajstić information content (AvgIpc) is 2.26. The van der Waals surface area contributed by atoms with Crippen molar-refractivity contribution < 1.29 is 4.74 Å². The Hall–Kier alpha value is -1.20. The van der Waals surface area contributed by atoms with Crippen molar-refractivity contribution in [3.63, 3.8) is 0 Å². The Bertz CT molecular complexity index is 315. The molecule has 2 nitrogen and oxygen atoms in total. The van der Waals surface area contributed by atoms with E-state index in [1.54, 1.807) is 0 Å². The fourth-order valence-corrected chi connectivity index (χ4v) is 1.17. The highest BCUT2D eigenvalue weighted by Gasteiger charge is 2.05. The quantitative estimate of drug-likeness (QED) is 0.713. The lowest BCUT2D eigenvalue weighted by molar-refractivity contribution is 0.317. The van der Waals surface area contributed by atoms with E-state index in [4.69, 9.17) is 21.6 Å². The van der Waals surface area contributed by atoms with Crippen LogP contribution in [-0.2, 0) is 0 Å². The van der Waals surface area contributed by atoms with Gasteiger partial charge in [-0.1, -0.05) is 19.1 Å². The van der Waals surface area contributed by atoms with E-state index in [1.165, 1.54) is 0 Å². The number of nitrogens with zero attached hydrogens (tertiary/aromatic N) is 1. The molecule has 0 aliphatic carbocycles. The van der Waals surface area contributed by atoms with Gasteiger partial charge in [-0.3, -0.25) is 0 Å². The molecule has 0 saturated carbocycles. The second kappa shape index (κ2) is 5.51. The zero-order chi connectivity index (χ0) is 10.4. The molecular formula is C11H12ClNO. The smallest absolute Gasteiger partial charge is 0.145 e. The van der Waals surface area contributed by atoms with Gasteiger partial charge in [0.2, 0.25) is 0 Å². The lowest BCUT2D eigenvalue weighted by Gasteiger charge is -2.05. The van der Waals surface area contributed by atoms with Gasteiger partial charge in [-0.2, -0.15) is 5.26 Å².